The second-order valence-electron chi connectivity index (χ2n) is 6.66. The SMILES string of the molecule is C/C(CC(=O)Nc1ccc(C(C)C)cc1)=N\NC(=O)c1ccc(C)cc1. The molecule has 0 unspecified atom stereocenters. The fourth-order valence-corrected chi connectivity index (χ4v) is 2.34. The van der Waals surface area contributed by atoms with Crippen LogP contribution >= 0.6 is 0 Å². The lowest BCUT2D eigenvalue weighted by atomic mass is 10.0. The van der Waals surface area contributed by atoms with E-state index in [2.05, 4.69) is 29.7 Å². The van der Waals surface area contributed by atoms with Gasteiger partial charge in [0.05, 0.1) is 6.42 Å². The third-order valence-electron chi connectivity index (χ3n) is 3.94. The lowest BCUT2D eigenvalue weighted by molar-refractivity contribution is -0.115. The van der Waals surface area contributed by atoms with E-state index in [0.29, 0.717) is 17.2 Å². The van der Waals surface area contributed by atoms with Gasteiger partial charge in [0.1, 0.15) is 0 Å². The molecule has 5 heteroatoms. The van der Waals surface area contributed by atoms with E-state index in [0.717, 1.165) is 11.3 Å². The zero-order chi connectivity index (χ0) is 19.1. The molecule has 2 N–H and O–H groups in total. The van der Waals surface area contributed by atoms with Gasteiger partial charge in [-0.1, -0.05) is 43.7 Å². The topological polar surface area (TPSA) is 70.6 Å². The smallest absolute Gasteiger partial charge is 0.271 e. The van der Waals surface area contributed by atoms with Gasteiger partial charge in [-0.15, -0.1) is 0 Å². The molecular formula is C21H25N3O2. The Morgan fingerprint density at radius 2 is 1.62 bits per heavy atom. The number of hydrazone groups is 1. The van der Waals surface area contributed by atoms with E-state index in [1.807, 2.05) is 43.3 Å². The highest BCUT2D eigenvalue weighted by Crippen LogP contribution is 2.17. The van der Waals surface area contributed by atoms with Crippen LogP contribution in [-0.2, 0) is 4.79 Å². The second-order valence-corrected chi connectivity index (χ2v) is 6.66. The van der Waals surface area contributed by atoms with Crippen molar-refractivity contribution in [2.45, 2.75) is 40.0 Å². The number of benzene rings is 2. The summed E-state index contributed by atoms with van der Waals surface area (Å²) in [6.07, 6.45) is 0.111. The minimum Gasteiger partial charge on any atom is -0.326 e. The van der Waals surface area contributed by atoms with Crippen LogP contribution in [0, 0.1) is 6.92 Å². The van der Waals surface area contributed by atoms with Crippen molar-refractivity contribution in [2.75, 3.05) is 5.32 Å². The summed E-state index contributed by atoms with van der Waals surface area (Å²) in [6, 6.07) is 15.0. The van der Waals surface area contributed by atoms with Gasteiger partial charge in [-0.2, -0.15) is 5.10 Å². The fourth-order valence-electron chi connectivity index (χ4n) is 2.34. The molecule has 0 aliphatic carbocycles. The molecule has 0 bridgehead atoms. The highest BCUT2D eigenvalue weighted by Gasteiger charge is 2.07. The summed E-state index contributed by atoms with van der Waals surface area (Å²) < 4.78 is 0. The molecule has 0 aliphatic heterocycles. The van der Waals surface area contributed by atoms with Gasteiger partial charge in [0.25, 0.3) is 5.91 Å². The minimum atomic E-state index is -0.297. The first kappa shape index (κ1) is 19.4. The normalized spacial score (nSPS) is 11.3. The maximum Gasteiger partial charge on any atom is 0.271 e. The first-order chi connectivity index (χ1) is 12.3. The third kappa shape index (κ3) is 5.84. The standard InChI is InChI=1S/C21H25N3O2/c1-14(2)17-9-11-19(12-10-17)22-20(25)13-16(4)23-24-21(26)18-7-5-15(3)6-8-18/h5-12,14H,13H2,1-4H3,(H,22,25)(H,24,26)/b23-16+. The number of anilines is 1. The van der Waals surface area contributed by atoms with Crippen molar-refractivity contribution in [1.29, 1.82) is 0 Å². The van der Waals surface area contributed by atoms with E-state index in [9.17, 15) is 9.59 Å². The Bertz CT molecular complexity index is 791. The third-order valence-corrected chi connectivity index (χ3v) is 3.94. The number of rotatable bonds is 6. The summed E-state index contributed by atoms with van der Waals surface area (Å²) in [5.74, 6) is -0.0200. The maximum atomic E-state index is 12.1. The minimum absolute atomic E-state index is 0.111. The van der Waals surface area contributed by atoms with Crippen molar-refractivity contribution in [3.8, 4) is 0 Å². The van der Waals surface area contributed by atoms with Crippen LogP contribution in [0.1, 0.15) is 54.6 Å². The first-order valence-electron chi connectivity index (χ1n) is 8.65. The van der Waals surface area contributed by atoms with Crippen molar-refractivity contribution < 1.29 is 9.59 Å². The summed E-state index contributed by atoms with van der Waals surface area (Å²) >= 11 is 0. The zero-order valence-electron chi connectivity index (χ0n) is 15.7. The largest absolute Gasteiger partial charge is 0.326 e. The molecule has 0 aromatic heterocycles. The van der Waals surface area contributed by atoms with Gasteiger partial charge in [-0.3, -0.25) is 9.59 Å². The molecule has 0 atom stereocenters. The molecule has 5 nitrogen and oxygen atoms in total. The van der Waals surface area contributed by atoms with Crippen molar-refractivity contribution in [3.63, 3.8) is 0 Å². The number of nitrogens with zero attached hydrogens (tertiary/aromatic N) is 1. The quantitative estimate of drug-likeness (QED) is 0.603. The molecule has 2 aromatic carbocycles. The number of aryl methyl sites for hydroxylation is 1. The Morgan fingerprint density at radius 3 is 2.19 bits per heavy atom. The molecule has 0 saturated carbocycles. The van der Waals surface area contributed by atoms with Crippen molar-refractivity contribution in [2.24, 2.45) is 5.10 Å². The summed E-state index contributed by atoms with van der Waals surface area (Å²) in [5.41, 5.74) is 6.59. The highest BCUT2D eigenvalue weighted by molar-refractivity contribution is 6.06. The number of amides is 2. The van der Waals surface area contributed by atoms with Gasteiger partial charge in [0.2, 0.25) is 5.91 Å². The summed E-state index contributed by atoms with van der Waals surface area (Å²) in [4.78, 5) is 24.1. The average Bonchev–Trinajstić information content (AvgIpc) is 2.60. The predicted molar refractivity (Wildman–Crippen MR) is 106 cm³/mol. The molecule has 0 saturated heterocycles. The molecular weight excluding hydrogens is 326 g/mol. The number of nitrogens with one attached hydrogen (secondary N) is 2. The van der Waals surface area contributed by atoms with E-state index in [1.165, 1.54) is 5.56 Å². The fraction of sp³-hybridized carbons (Fsp3) is 0.286. The van der Waals surface area contributed by atoms with E-state index in [1.54, 1.807) is 19.1 Å². The molecule has 2 rings (SSSR count). The molecule has 0 radical (unpaired) electrons. The summed E-state index contributed by atoms with van der Waals surface area (Å²) in [7, 11) is 0. The van der Waals surface area contributed by atoms with Gasteiger partial charge >= 0.3 is 0 Å². The van der Waals surface area contributed by atoms with Gasteiger partial charge in [0.15, 0.2) is 0 Å². The van der Waals surface area contributed by atoms with E-state index < -0.39 is 0 Å². The van der Waals surface area contributed by atoms with E-state index in [4.69, 9.17) is 0 Å². The van der Waals surface area contributed by atoms with E-state index in [-0.39, 0.29) is 18.2 Å². The number of hydrogen-bond donors (Lipinski definition) is 2. The molecule has 136 valence electrons. The molecule has 0 spiro atoms. The Labute approximate surface area is 154 Å². The average molecular weight is 351 g/mol. The number of hydrogen-bond acceptors (Lipinski definition) is 3. The van der Waals surface area contributed by atoms with Crippen molar-refractivity contribution in [1.82, 2.24) is 5.43 Å². The van der Waals surface area contributed by atoms with Crippen LogP contribution in [0.2, 0.25) is 0 Å². The molecule has 26 heavy (non-hydrogen) atoms. The van der Waals surface area contributed by atoms with Crippen LogP contribution in [0.15, 0.2) is 53.6 Å². The van der Waals surface area contributed by atoms with Crippen LogP contribution in [0.4, 0.5) is 5.69 Å². The van der Waals surface area contributed by atoms with E-state index >= 15 is 0 Å². The van der Waals surface area contributed by atoms with Gasteiger partial charge in [-0.05, 0) is 49.6 Å². The van der Waals surface area contributed by atoms with Crippen LogP contribution in [0.25, 0.3) is 0 Å². The van der Waals surface area contributed by atoms with Crippen LogP contribution < -0.4 is 10.7 Å². The lowest BCUT2D eigenvalue weighted by Gasteiger charge is -2.08. The van der Waals surface area contributed by atoms with Crippen molar-refractivity contribution in [3.05, 3.63) is 65.2 Å². The predicted octanol–water partition coefficient (Wildman–Crippen LogP) is 4.25. The van der Waals surface area contributed by atoms with Gasteiger partial charge in [0, 0.05) is 17.0 Å². The first-order valence-corrected chi connectivity index (χ1v) is 8.65. The molecule has 0 aliphatic rings. The van der Waals surface area contributed by atoms with Gasteiger partial charge < -0.3 is 5.32 Å². The Balaban J connectivity index is 1.86. The molecule has 2 aromatic rings. The molecule has 0 heterocycles. The Hall–Kier alpha value is -2.95. The number of carbonyl (C=O) groups excluding carboxylic acids is 2. The number of carbonyl (C=O) groups is 2. The van der Waals surface area contributed by atoms with Crippen LogP contribution in [0.5, 0.6) is 0 Å². The highest BCUT2D eigenvalue weighted by atomic mass is 16.2. The summed E-state index contributed by atoms with van der Waals surface area (Å²) in [6.45, 7) is 7.91. The lowest BCUT2D eigenvalue weighted by Crippen LogP contribution is -2.21. The van der Waals surface area contributed by atoms with Gasteiger partial charge in [-0.25, -0.2) is 5.43 Å². The zero-order valence-corrected chi connectivity index (χ0v) is 15.7. The Morgan fingerprint density at radius 1 is 1.00 bits per heavy atom. The molecule has 0 fully saturated rings. The maximum absolute atomic E-state index is 12.1. The second kappa shape index (κ2) is 8.94. The van der Waals surface area contributed by atoms with Crippen molar-refractivity contribution >= 4 is 23.2 Å². The van der Waals surface area contributed by atoms with Crippen LogP contribution in [-0.4, -0.2) is 17.5 Å². The monoisotopic (exact) mass is 351 g/mol. The Kier molecular flexibility index (Phi) is 6.67. The molecule has 2 amide bonds. The van der Waals surface area contributed by atoms with Crippen LogP contribution in [0.3, 0.4) is 0 Å². The summed E-state index contributed by atoms with van der Waals surface area (Å²) in [5, 5.41) is 6.83.